The van der Waals surface area contributed by atoms with Crippen LogP contribution in [0.25, 0.3) is 0 Å². The molecule has 0 spiro atoms. The Morgan fingerprint density at radius 2 is 1.73 bits per heavy atom. The lowest BCUT2D eigenvalue weighted by Gasteiger charge is -2.13. The van der Waals surface area contributed by atoms with Gasteiger partial charge in [0.15, 0.2) is 11.5 Å². The van der Waals surface area contributed by atoms with Crippen molar-refractivity contribution >= 4 is 0 Å². The fourth-order valence-corrected chi connectivity index (χ4v) is 2.76. The van der Waals surface area contributed by atoms with Crippen molar-refractivity contribution in [2.75, 3.05) is 7.11 Å². The third-order valence-corrected chi connectivity index (χ3v) is 4.09. The Bertz CT molecular complexity index is 835. The van der Waals surface area contributed by atoms with Gasteiger partial charge in [0.1, 0.15) is 6.61 Å². The Hall–Kier alpha value is -2.85. The van der Waals surface area contributed by atoms with E-state index < -0.39 is 0 Å². The van der Waals surface area contributed by atoms with Gasteiger partial charge in [0, 0.05) is 25.5 Å². The molecular weight excluding hydrogens is 324 g/mol. The molecule has 3 aromatic rings. The van der Waals surface area contributed by atoms with E-state index in [1.165, 1.54) is 5.56 Å². The van der Waals surface area contributed by atoms with E-state index >= 15 is 0 Å². The Labute approximate surface area is 154 Å². The standard InChI is InChI=1S/C22H24N2O2/c1-17-5-3-6-19(11-17)16-26-21-9-8-18(12-22(21)25-2)13-24-15-20-7-4-10-23-14-20/h3-12,14,24H,13,15-16H2,1-2H3. The number of aryl methyl sites for hydroxylation is 1. The van der Waals surface area contributed by atoms with Crippen LogP contribution in [0, 0.1) is 6.92 Å². The lowest BCUT2D eigenvalue weighted by Crippen LogP contribution is -2.12. The number of aromatic nitrogens is 1. The van der Waals surface area contributed by atoms with Crippen molar-refractivity contribution in [1.82, 2.24) is 10.3 Å². The normalized spacial score (nSPS) is 10.5. The molecule has 1 N–H and O–H groups in total. The van der Waals surface area contributed by atoms with Gasteiger partial charge in [-0.15, -0.1) is 0 Å². The maximum atomic E-state index is 5.94. The smallest absolute Gasteiger partial charge is 0.161 e. The molecule has 0 aliphatic carbocycles. The molecule has 0 bridgehead atoms. The van der Waals surface area contributed by atoms with E-state index in [-0.39, 0.29) is 0 Å². The van der Waals surface area contributed by atoms with Crippen LogP contribution >= 0.6 is 0 Å². The zero-order chi connectivity index (χ0) is 18.2. The molecule has 0 amide bonds. The molecule has 0 fully saturated rings. The van der Waals surface area contributed by atoms with Gasteiger partial charge in [-0.05, 0) is 41.8 Å². The van der Waals surface area contributed by atoms with Crippen LogP contribution in [0.4, 0.5) is 0 Å². The second-order valence-corrected chi connectivity index (χ2v) is 6.23. The van der Waals surface area contributed by atoms with Crippen LogP contribution in [-0.4, -0.2) is 12.1 Å². The molecule has 4 heteroatoms. The van der Waals surface area contributed by atoms with Gasteiger partial charge in [-0.25, -0.2) is 0 Å². The highest BCUT2D eigenvalue weighted by atomic mass is 16.5. The minimum atomic E-state index is 0.524. The summed E-state index contributed by atoms with van der Waals surface area (Å²) in [5, 5.41) is 3.42. The fraction of sp³-hybridized carbons (Fsp3) is 0.227. The highest BCUT2D eigenvalue weighted by Crippen LogP contribution is 2.29. The van der Waals surface area contributed by atoms with E-state index in [2.05, 4.69) is 47.6 Å². The Morgan fingerprint density at radius 1 is 0.885 bits per heavy atom. The monoisotopic (exact) mass is 348 g/mol. The Morgan fingerprint density at radius 3 is 2.50 bits per heavy atom. The van der Waals surface area contributed by atoms with Gasteiger partial charge in [-0.2, -0.15) is 0 Å². The third kappa shape index (κ3) is 5.07. The van der Waals surface area contributed by atoms with Gasteiger partial charge < -0.3 is 14.8 Å². The van der Waals surface area contributed by atoms with E-state index in [0.717, 1.165) is 41.3 Å². The number of nitrogens with one attached hydrogen (secondary N) is 1. The van der Waals surface area contributed by atoms with Gasteiger partial charge in [0.2, 0.25) is 0 Å². The summed E-state index contributed by atoms with van der Waals surface area (Å²) in [6.45, 7) is 4.14. The number of rotatable bonds is 8. The van der Waals surface area contributed by atoms with Crippen LogP contribution in [0.5, 0.6) is 11.5 Å². The molecule has 1 aromatic heterocycles. The Kier molecular flexibility index (Phi) is 6.23. The second-order valence-electron chi connectivity index (χ2n) is 6.23. The predicted octanol–water partition coefficient (Wildman–Crippen LogP) is 4.27. The van der Waals surface area contributed by atoms with Crippen molar-refractivity contribution in [1.29, 1.82) is 0 Å². The van der Waals surface area contributed by atoms with Crippen LogP contribution in [0.1, 0.15) is 22.3 Å². The summed E-state index contributed by atoms with van der Waals surface area (Å²) in [6.07, 6.45) is 3.65. The van der Waals surface area contributed by atoms with E-state index in [1.807, 2.05) is 30.5 Å². The first kappa shape index (κ1) is 18.0. The van der Waals surface area contributed by atoms with Crippen molar-refractivity contribution < 1.29 is 9.47 Å². The van der Waals surface area contributed by atoms with Crippen molar-refractivity contribution in [2.24, 2.45) is 0 Å². The van der Waals surface area contributed by atoms with E-state index in [1.54, 1.807) is 13.3 Å². The minimum absolute atomic E-state index is 0.524. The lowest BCUT2D eigenvalue weighted by molar-refractivity contribution is 0.284. The average Bonchev–Trinajstić information content (AvgIpc) is 2.67. The zero-order valence-corrected chi connectivity index (χ0v) is 15.2. The SMILES string of the molecule is COc1cc(CNCc2cccnc2)ccc1OCc1cccc(C)c1. The molecule has 0 saturated carbocycles. The summed E-state index contributed by atoms with van der Waals surface area (Å²) in [5.41, 5.74) is 4.69. The maximum Gasteiger partial charge on any atom is 0.161 e. The molecule has 0 aliphatic heterocycles. The lowest BCUT2D eigenvalue weighted by atomic mass is 10.1. The summed E-state index contributed by atoms with van der Waals surface area (Å²) in [7, 11) is 1.67. The van der Waals surface area contributed by atoms with Crippen molar-refractivity contribution in [3.05, 3.63) is 89.2 Å². The van der Waals surface area contributed by atoms with Crippen LogP contribution in [-0.2, 0) is 19.7 Å². The Balaban J connectivity index is 1.58. The summed E-state index contributed by atoms with van der Waals surface area (Å²) in [4.78, 5) is 4.12. The predicted molar refractivity (Wildman–Crippen MR) is 103 cm³/mol. The number of nitrogens with zero attached hydrogens (tertiary/aromatic N) is 1. The van der Waals surface area contributed by atoms with Crippen LogP contribution in [0.2, 0.25) is 0 Å². The quantitative estimate of drug-likeness (QED) is 0.660. The van der Waals surface area contributed by atoms with E-state index in [4.69, 9.17) is 9.47 Å². The van der Waals surface area contributed by atoms with Crippen molar-refractivity contribution in [3.8, 4) is 11.5 Å². The highest BCUT2D eigenvalue weighted by molar-refractivity contribution is 5.43. The summed E-state index contributed by atoms with van der Waals surface area (Å²) >= 11 is 0. The van der Waals surface area contributed by atoms with Gasteiger partial charge in [-0.1, -0.05) is 42.0 Å². The average molecular weight is 348 g/mol. The largest absolute Gasteiger partial charge is 0.493 e. The maximum absolute atomic E-state index is 5.94. The molecule has 4 nitrogen and oxygen atoms in total. The van der Waals surface area contributed by atoms with Crippen molar-refractivity contribution in [3.63, 3.8) is 0 Å². The number of hydrogen-bond acceptors (Lipinski definition) is 4. The van der Waals surface area contributed by atoms with Crippen LogP contribution in [0.3, 0.4) is 0 Å². The summed E-state index contributed by atoms with van der Waals surface area (Å²) in [5.74, 6) is 1.50. The molecule has 0 aliphatic rings. The van der Waals surface area contributed by atoms with Gasteiger partial charge in [0.25, 0.3) is 0 Å². The fourth-order valence-electron chi connectivity index (χ4n) is 2.76. The number of pyridine rings is 1. The van der Waals surface area contributed by atoms with Gasteiger partial charge in [0.05, 0.1) is 7.11 Å². The number of hydrogen-bond donors (Lipinski definition) is 1. The number of benzene rings is 2. The van der Waals surface area contributed by atoms with Crippen LogP contribution < -0.4 is 14.8 Å². The molecule has 0 radical (unpaired) electrons. The topological polar surface area (TPSA) is 43.4 Å². The highest BCUT2D eigenvalue weighted by Gasteiger charge is 2.06. The number of ether oxygens (including phenoxy) is 2. The van der Waals surface area contributed by atoms with E-state index in [9.17, 15) is 0 Å². The van der Waals surface area contributed by atoms with Gasteiger partial charge in [-0.3, -0.25) is 4.98 Å². The zero-order valence-electron chi connectivity index (χ0n) is 15.2. The molecular formula is C22H24N2O2. The molecule has 3 rings (SSSR count). The molecule has 1 heterocycles. The molecule has 0 unspecified atom stereocenters. The first-order valence-corrected chi connectivity index (χ1v) is 8.69. The molecule has 26 heavy (non-hydrogen) atoms. The van der Waals surface area contributed by atoms with Gasteiger partial charge >= 0.3 is 0 Å². The van der Waals surface area contributed by atoms with E-state index in [0.29, 0.717) is 6.61 Å². The first-order valence-electron chi connectivity index (χ1n) is 8.69. The molecule has 0 atom stereocenters. The van der Waals surface area contributed by atoms with Crippen LogP contribution in [0.15, 0.2) is 67.0 Å². The first-order chi connectivity index (χ1) is 12.7. The summed E-state index contributed by atoms with van der Waals surface area (Å²) in [6, 6.07) is 18.4. The molecule has 134 valence electrons. The molecule has 0 saturated heterocycles. The van der Waals surface area contributed by atoms with Crippen molar-refractivity contribution in [2.45, 2.75) is 26.6 Å². The molecule has 2 aromatic carbocycles. The number of methoxy groups -OCH3 is 1. The summed E-state index contributed by atoms with van der Waals surface area (Å²) < 4.78 is 11.4. The third-order valence-electron chi connectivity index (χ3n) is 4.09. The second kappa shape index (κ2) is 9.02. The minimum Gasteiger partial charge on any atom is -0.493 e.